The van der Waals surface area contributed by atoms with E-state index >= 15 is 0 Å². The third-order valence-electron chi connectivity index (χ3n) is 2.59. The summed E-state index contributed by atoms with van der Waals surface area (Å²) in [5, 5.41) is 3.39. The molecule has 0 atom stereocenters. The molecule has 1 aromatic heterocycles. The molecule has 0 bridgehead atoms. The van der Waals surface area contributed by atoms with E-state index in [1.807, 2.05) is 25.1 Å². The van der Waals surface area contributed by atoms with Crippen molar-refractivity contribution in [2.45, 2.75) is 20.4 Å². The topological polar surface area (TPSA) is 21.3 Å². The molecule has 0 aliphatic carbocycles. The Labute approximate surface area is 130 Å². The van der Waals surface area contributed by atoms with Gasteiger partial charge in [-0.3, -0.25) is 0 Å². The maximum Gasteiger partial charge on any atom is 0.142 e. The minimum absolute atomic E-state index is 0.661. The van der Waals surface area contributed by atoms with E-state index in [0.717, 1.165) is 26.8 Å². The number of hydrogen-bond donors (Lipinski definition) is 1. The Morgan fingerprint density at radius 2 is 2.16 bits per heavy atom. The molecule has 0 unspecified atom stereocenters. The lowest BCUT2D eigenvalue weighted by Crippen LogP contribution is -2.02. The molecule has 2 aromatic rings. The average Bonchev–Trinajstić information content (AvgIpc) is 2.68. The van der Waals surface area contributed by atoms with Gasteiger partial charge in [0.05, 0.1) is 12.3 Å². The molecule has 0 spiro atoms. The van der Waals surface area contributed by atoms with Crippen LogP contribution in [0, 0.1) is 6.92 Å². The van der Waals surface area contributed by atoms with Gasteiger partial charge < -0.3 is 10.1 Å². The van der Waals surface area contributed by atoms with Gasteiger partial charge in [0.15, 0.2) is 0 Å². The fraction of sp³-hybridized carbons (Fsp3) is 0.286. The van der Waals surface area contributed by atoms with Crippen LogP contribution in [0.4, 0.5) is 5.69 Å². The summed E-state index contributed by atoms with van der Waals surface area (Å²) >= 11 is 11.0. The van der Waals surface area contributed by atoms with Crippen LogP contribution in [0.25, 0.3) is 0 Å². The molecule has 19 heavy (non-hydrogen) atoms. The summed E-state index contributed by atoms with van der Waals surface area (Å²) in [6.07, 6.45) is 0. The molecule has 1 aromatic carbocycles. The van der Waals surface area contributed by atoms with Gasteiger partial charge in [0, 0.05) is 15.9 Å². The summed E-state index contributed by atoms with van der Waals surface area (Å²) in [5.74, 6) is 0.893. The third kappa shape index (κ3) is 3.88. The minimum Gasteiger partial charge on any atom is -0.492 e. The number of hydrogen-bond acceptors (Lipinski definition) is 3. The Balaban J connectivity index is 2.10. The molecule has 2 rings (SSSR count). The summed E-state index contributed by atoms with van der Waals surface area (Å²) < 4.78 is 7.37. The van der Waals surface area contributed by atoms with Crippen LogP contribution in [0.2, 0.25) is 4.34 Å². The van der Waals surface area contributed by atoms with E-state index in [1.165, 1.54) is 10.4 Å². The lowest BCUT2D eigenvalue weighted by Gasteiger charge is -2.12. The maximum atomic E-state index is 6.03. The van der Waals surface area contributed by atoms with Crippen molar-refractivity contribution in [2.75, 3.05) is 11.9 Å². The van der Waals surface area contributed by atoms with Crippen LogP contribution in [-0.4, -0.2) is 6.61 Å². The standard InChI is InChI=1S/C14H15BrClNOS/c1-3-18-13-6-9(2)4-5-12(13)17-8-10-7-11(15)14(16)19-10/h4-7,17H,3,8H2,1-2H3. The first-order chi connectivity index (χ1) is 9.10. The number of halogens is 2. The number of ether oxygens (including phenoxy) is 1. The van der Waals surface area contributed by atoms with Crippen LogP contribution < -0.4 is 10.1 Å². The highest BCUT2D eigenvalue weighted by molar-refractivity contribution is 9.10. The second-order valence-electron chi connectivity index (χ2n) is 4.12. The number of thiophene rings is 1. The van der Waals surface area contributed by atoms with Gasteiger partial charge >= 0.3 is 0 Å². The second kappa shape index (κ2) is 6.64. The first-order valence-corrected chi connectivity index (χ1v) is 8.00. The van der Waals surface area contributed by atoms with E-state index in [-0.39, 0.29) is 0 Å². The summed E-state index contributed by atoms with van der Waals surface area (Å²) in [5.41, 5.74) is 2.20. The minimum atomic E-state index is 0.661. The fourth-order valence-corrected chi connectivity index (χ4v) is 3.44. The molecule has 1 heterocycles. The molecule has 5 heteroatoms. The number of nitrogens with one attached hydrogen (secondary N) is 1. The van der Waals surface area contributed by atoms with Crippen molar-refractivity contribution in [3.05, 3.63) is 43.5 Å². The number of aryl methyl sites for hydroxylation is 1. The highest BCUT2D eigenvalue weighted by Crippen LogP contribution is 2.33. The van der Waals surface area contributed by atoms with E-state index in [1.54, 1.807) is 11.3 Å². The molecular formula is C14H15BrClNOS. The molecule has 0 amide bonds. The first-order valence-electron chi connectivity index (χ1n) is 6.01. The van der Waals surface area contributed by atoms with Crippen LogP contribution in [0.3, 0.4) is 0 Å². The lowest BCUT2D eigenvalue weighted by molar-refractivity contribution is 0.341. The number of anilines is 1. The van der Waals surface area contributed by atoms with Crippen LogP contribution >= 0.6 is 38.9 Å². The molecule has 2 nitrogen and oxygen atoms in total. The molecule has 0 radical (unpaired) electrons. The monoisotopic (exact) mass is 359 g/mol. The zero-order chi connectivity index (χ0) is 13.8. The van der Waals surface area contributed by atoms with Crippen molar-refractivity contribution in [2.24, 2.45) is 0 Å². The normalized spacial score (nSPS) is 10.5. The predicted octanol–water partition coefficient (Wildman–Crippen LogP) is 5.48. The zero-order valence-electron chi connectivity index (χ0n) is 10.8. The van der Waals surface area contributed by atoms with Gasteiger partial charge in [-0.25, -0.2) is 0 Å². The summed E-state index contributed by atoms with van der Waals surface area (Å²) in [6.45, 7) is 5.44. The molecule has 0 aliphatic heterocycles. The molecule has 0 saturated carbocycles. The Morgan fingerprint density at radius 3 is 2.79 bits per heavy atom. The molecule has 0 saturated heterocycles. The van der Waals surface area contributed by atoms with Gasteiger partial charge in [-0.1, -0.05) is 17.7 Å². The molecule has 0 fully saturated rings. The third-order valence-corrected chi connectivity index (χ3v) is 5.06. The van der Waals surface area contributed by atoms with Gasteiger partial charge in [-0.05, 0) is 53.5 Å². The van der Waals surface area contributed by atoms with Crippen molar-refractivity contribution < 1.29 is 4.74 Å². The number of rotatable bonds is 5. The average molecular weight is 361 g/mol. The highest BCUT2D eigenvalue weighted by atomic mass is 79.9. The van der Waals surface area contributed by atoms with Crippen molar-refractivity contribution >= 4 is 44.6 Å². The van der Waals surface area contributed by atoms with Crippen LogP contribution in [0.1, 0.15) is 17.4 Å². The predicted molar refractivity (Wildman–Crippen MR) is 86.7 cm³/mol. The van der Waals surface area contributed by atoms with Crippen LogP contribution in [0.5, 0.6) is 5.75 Å². The Bertz CT molecular complexity index is 551. The summed E-state index contributed by atoms with van der Waals surface area (Å²) in [7, 11) is 0. The molecule has 1 N–H and O–H groups in total. The van der Waals surface area contributed by atoms with E-state index in [4.69, 9.17) is 16.3 Å². The van der Waals surface area contributed by atoms with E-state index in [2.05, 4.69) is 34.2 Å². The largest absolute Gasteiger partial charge is 0.492 e. The lowest BCUT2D eigenvalue weighted by atomic mass is 10.2. The SMILES string of the molecule is CCOc1cc(C)ccc1NCc1cc(Br)c(Cl)s1. The Hall–Kier alpha value is -0.710. The molecular weight excluding hydrogens is 346 g/mol. The number of benzene rings is 1. The van der Waals surface area contributed by atoms with Gasteiger partial charge in [0.25, 0.3) is 0 Å². The Kier molecular flexibility index (Phi) is 5.13. The van der Waals surface area contributed by atoms with Gasteiger partial charge in [0.2, 0.25) is 0 Å². The Morgan fingerprint density at radius 1 is 1.37 bits per heavy atom. The van der Waals surface area contributed by atoms with Crippen molar-refractivity contribution in [1.82, 2.24) is 0 Å². The van der Waals surface area contributed by atoms with Gasteiger partial charge in [0.1, 0.15) is 10.1 Å². The summed E-state index contributed by atoms with van der Waals surface area (Å²) in [4.78, 5) is 1.18. The first kappa shape index (κ1) is 14.7. The van der Waals surface area contributed by atoms with Gasteiger partial charge in [-0.2, -0.15) is 0 Å². The molecule has 0 aliphatic rings. The van der Waals surface area contributed by atoms with Crippen LogP contribution in [-0.2, 0) is 6.54 Å². The fourth-order valence-electron chi connectivity index (χ4n) is 1.71. The smallest absolute Gasteiger partial charge is 0.142 e. The van der Waals surface area contributed by atoms with Crippen LogP contribution in [0.15, 0.2) is 28.7 Å². The van der Waals surface area contributed by atoms with Crippen molar-refractivity contribution in [1.29, 1.82) is 0 Å². The van der Waals surface area contributed by atoms with Gasteiger partial charge in [-0.15, -0.1) is 11.3 Å². The van der Waals surface area contributed by atoms with Crippen molar-refractivity contribution in [3.63, 3.8) is 0 Å². The zero-order valence-corrected chi connectivity index (χ0v) is 14.0. The summed E-state index contributed by atoms with van der Waals surface area (Å²) in [6, 6.07) is 8.20. The second-order valence-corrected chi connectivity index (χ2v) is 6.71. The van der Waals surface area contributed by atoms with E-state index < -0.39 is 0 Å². The maximum absolute atomic E-state index is 6.03. The highest BCUT2D eigenvalue weighted by Gasteiger charge is 2.07. The quantitative estimate of drug-likeness (QED) is 0.762. The van der Waals surface area contributed by atoms with E-state index in [9.17, 15) is 0 Å². The molecule has 102 valence electrons. The van der Waals surface area contributed by atoms with E-state index in [0.29, 0.717) is 6.61 Å². The van der Waals surface area contributed by atoms with Crippen molar-refractivity contribution in [3.8, 4) is 5.75 Å².